The van der Waals surface area contributed by atoms with Crippen molar-refractivity contribution >= 4 is 11.8 Å². The molecule has 2 unspecified atom stereocenters. The highest BCUT2D eigenvalue weighted by atomic mass is 16.4. The van der Waals surface area contributed by atoms with Crippen LogP contribution in [-0.4, -0.2) is 28.1 Å². The predicted molar refractivity (Wildman–Crippen MR) is 72.9 cm³/mol. The van der Waals surface area contributed by atoms with Crippen LogP contribution < -0.4 is 0 Å². The molecule has 4 nitrogen and oxygen atoms in total. The number of hydrogen-bond donors (Lipinski definition) is 2. The van der Waals surface area contributed by atoms with Crippen molar-refractivity contribution in [1.29, 1.82) is 0 Å². The number of unbranched alkanes of at least 4 members (excludes halogenated alkanes) is 2. The SMILES string of the molecule is CCCCCC(=O)CCC1CC[C@H](O)C1CC(=O)O. The van der Waals surface area contributed by atoms with Crippen LogP contribution in [-0.2, 0) is 9.59 Å². The number of Topliss-reactive ketones (excluding diaryl/α,β-unsaturated/α-hetero) is 1. The molecule has 0 amide bonds. The lowest BCUT2D eigenvalue weighted by Crippen LogP contribution is -2.23. The summed E-state index contributed by atoms with van der Waals surface area (Å²) in [4.78, 5) is 22.5. The molecule has 0 bridgehead atoms. The second kappa shape index (κ2) is 8.31. The lowest BCUT2D eigenvalue weighted by Gasteiger charge is -2.20. The number of ketones is 1. The number of aliphatic hydroxyl groups excluding tert-OH is 1. The van der Waals surface area contributed by atoms with Crippen molar-refractivity contribution in [1.82, 2.24) is 0 Å². The van der Waals surface area contributed by atoms with Crippen molar-refractivity contribution in [2.24, 2.45) is 11.8 Å². The van der Waals surface area contributed by atoms with Gasteiger partial charge in [0.15, 0.2) is 0 Å². The number of carbonyl (C=O) groups is 2. The largest absolute Gasteiger partial charge is 0.481 e. The molecule has 0 aromatic rings. The van der Waals surface area contributed by atoms with Gasteiger partial charge in [-0.1, -0.05) is 19.8 Å². The zero-order valence-electron chi connectivity index (χ0n) is 11.8. The molecule has 1 aliphatic rings. The van der Waals surface area contributed by atoms with Crippen molar-refractivity contribution in [3.63, 3.8) is 0 Å². The fourth-order valence-corrected chi connectivity index (χ4v) is 3.03. The first-order valence-electron chi connectivity index (χ1n) is 7.46. The smallest absolute Gasteiger partial charge is 0.303 e. The molecule has 0 spiro atoms. The van der Waals surface area contributed by atoms with Crippen LogP contribution >= 0.6 is 0 Å². The van der Waals surface area contributed by atoms with Crippen molar-refractivity contribution in [3.05, 3.63) is 0 Å². The third-order valence-corrected chi connectivity index (χ3v) is 4.20. The number of carbonyl (C=O) groups excluding carboxylic acids is 1. The Morgan fingerprint density at radius 3 is 2.53 bits per heavy atom. The van der Waals surface area contributed by atoms with E-state index in [1.54, 1.807) is 0 Å². The van der Waals surface area contributed by atoms with Crippen LogP contribution in [0.3, 0.4) is 0 Å². The van der Waals surface area contributed by atoms with Crippen LogP contribution in [0.4, 0.5) is 0 Å². The van der Waals surface area contributed by atoms with Crippen LogP contribution in [0.25, 0.3) is 0 Å². The summed E-state index contributed by atoms with van der Waals surface area (Å²) in [5.41, 5.74) is 0. The molecular formula is C15H26O4. The number of aliphatic hydroxyl groups is 1. The van der Waals surface area contributed by atoms with Crippen LogP contribution in [0, 0.1) is 11.8 Å². The van der Waals surface area contributed by atoms with Gasteiger partial charge in [0.05, 0.1) is 12.5 Å². The molecule has 0 aliphatic heterocycles. The molecule has 1 fully saturated rings. The summed E-state index contributed by atoms with van der Waals surface area (Å²) in [5.74, 6) is -0.545. The summed E-state index contributed by atoms with van der Waals surface area (Å²) in [6, 6.07) is 0. The molecule has 0 saturated heterocycles. The first-order valence-corrected chi connectivity index (χ1v) is 7.46. The Morgan fingerprint density at radius 2 is 1.89 bits per heavy atom. The Morgan fingerprint density at radius 1 is 1.16 bits per heavy atom. The van der Waals surface area contributed by atoms with Gasteiger partial charge in [-0.25, -0.2) is 0 Å². The number of carboxylic acids is 1. The van der Waals surface area contributed by atoms with E-state index < -0.39 is 12.1 Å². The summed E-state index contributed by atoms with van der Waals surface area (Å²) < 4.78 is 0. The molecule has 19 heavy (non-hydrogen) atoms. The van der Waals surface area contributed by atoms with E-state index in [-0.39, 0.29) is 24.0 Å². The highest BCUT2D eigenvalue weighted by Crippen LogP contribution is 2.37. The number of hydrogen-bond acceptors (Lipinski definition) is 3. The third-order valence-electron chi connectivity index (χ3n) is 4.20. The first kappa shape index (κ1) is 16.2. The maximum Gasteiger partial charge on any atom is 0.303 e. The molecule has 0 aromatic heterocycles. The molecule has 1 saturated carbocycles. The van der Waals surface area contributed by atoms with E-state index >= 15 is 0 Å². The maximum atomic E-state index is 11.7. The minimum absolute atomic E-state index is 0.0237. The summed E-state index contributed by atoms with van der Waals surface area (Å²) in [6.45, 7) is 2.11. The molecule has 1 rings (SSSR count). The van der Waals surface area contributed by atoms with Crippen molar-refractivity contribution < 1.29 is 19.8 Å². The Balaban J connectivity index is 2.30. The highest BCUT2D eigenvalue weighted by Gasteiger charge is 2.36. The molecule has 4 heteroatoms. The standard InChI is InChI=1S/C15H26O4/c1-2-3-4-5-12(16)8-6-11-7-9-14(17)13(11)10-15(18)19/h11,13-14,17H,2-10H2,1H3,(H,18,19)/t11?,13?,14-/m0/s1. The molecule has 1 aliphatic carbocycles. The van der Waals surface area contributed by atoms with Crippen LogP contribution in [0.5, 0.6) is 0 Å². The summed E-state index contributed by atoms with van der Waals surface area (Å²) in [5, 5.41) is 18.7. The van der Waals surface area contributed by atoms with E-state index in [2.05, 4.69) is 6.92 Å². The molecule has 0 heterocycles. The average Bonchev–Trinajstić information content (AvgIpc) is 2.68. The zero-order valence-corrected chi connectivity index (χ0v) is 11.8. The van der Waals surface area contributed by atoms with Crippen LogP contribution in [0.15, 0.2) is 0 Å². The molecule has 0 aromatic carbocycles. The van der Waals surface area contributed by atoms with Gasteiger partial charge in [-0.2, -0.15) is 0 Å². The number of rotatable bonds is 9. The maximum absolute atomic E-state index is 11.7. The average molecular weight is 270 g/mol. The topological polar surface area (TPSA) is 74.6 Å². The number of carboxylic acid groups (broad SMARTS) is 1. The van der Waals surface area contributed by atoms with Crippen molar-refractivity contribution in [2.75, 3.05) is 0 Å². The van der Waals surface area contributed by atoms with E-state index in [0.717, 1.165) is 32.1 Å². The van der Waals surface area contributed by atoms with Gasteiger partial charge in [0, 0.05) is 12.8 Å². The van der Waals surface area contributed by atoms with Gasteiger partial charge in [-0.15, -0.1) is 0 Å². The van der Waals surface area contributed by atoms with E-state index in [1.165, 1.54) is 0 Å². The monoisotopic (exact) mass is 270 g/mol. The summed E-state index contributed by atoms with van der Waals surface area (Å²) >= 11 is 0. The lowest BCUT2D eigenvalue weighted by atomic mass is 9.87. The molecule has 0 radical (unpaired) electrons. The van der Waals surface area contributed by atoms with Crippen molar-refractivity contribution in [3.8, 4) is 0 Å². The van der Waals surface area contributed by atoms with Gasteiger partial charge in [0.25, 0.3) is 0 Å². The number of aliphatic carboxylic acids is 1. The first-order chi connectivity index (χ1) is 9.04. The van der Waals surface area contributed by atoms with Gasteiger partial charge < -0.3 is 10.2 Å². The van der Waals surface area contributed by atoms with Crippen LogP contribution in [0.1, 0.15) is 64.7 Å². The Labute approximate surface area is 115 Å². The van der Waals surface area contributed by atoms with E-state index in [4.69, 9.17) is 5.11 Å². The lowest BCUT2D eigenvalue weighted by molar-refractivity contribution is -0.139. The minimum atomic E-state index is -0.856. The van der Waals surface area contributed by atoms with Gasteiger partial charge >= 0.3 is 5.97 Å². The summed E-state index contributed by atoms with van der Waals surface area (Å²) in [7, 11) is 0. The van der Waals surface area contributed by atoms with Gasteiger partial charge in [-0.3, -0.25) is 9.59 Å². The molecule has 2 N–H and O–H groups in total. The van der Waals surface area contributed by atoms with Crippen molar-refractivity contribution in [2.45, 2.75) is 70.8 Å². The molecule has 3 atom stereocenters. The summed E-state index contributed by atoms with van der Waals surface area (Å²) in [6.07, 6.45) is 6.13. The fraction of sp³-hybridized carbons (Fsp3) is 0.867. The highest BCUT2D eigenvalue weighted by molar-refractivity contribution is 5.78. The van der Waals surface area contributed by atoms with E-state index in [1.807, 2.05) is 0 Å². The zero-order chi connectivity index (χ0) is 14.3. The Hall–Kier alpha value is -0.900. The normalized spacial score (nSPS) is 26.5. The fourth-order valence-electron chi connectivity index (χ4n) is 3.03. The Bertz CT molecular complexity index is 301. The molecule has 110 valence electrons. The second-order valence-corrected chi connectivity index (χ2v) is 5.70. The Kier molecular flexibility index (Phi) is 7.06. The second-order valence-electron chi connectivity index (χ2n) is 5.70. The predicted octanol–water partition coefficient (Wildman–Crippen LogP) is 2.78. The van der Waals surface area contributed by atoms with Gasteiger partial charge in [0.1, 0.15) is 5.78 Å². The van der Waals surface area contributed by atoms with E-state index in [0.29, 0.717) is 19.3 Å². The quantitative estimate of drug-likeness (QED) is 0.632. The van der Waals surface area contributed by atoms with Crippen LogP contribution in [0.2, 0.25) is 0 Å². The molecular weight excluding hydrogens is 244 g/mol. The van der Waals surface area contributed by atoms with E-state index in [9.17, 15) is 14.7 Å². The van der Waals surface area contributed by atoms with Gasteiger partial charge in [0.2, 0.25) is 0 Å². The minimum Gasteiger partial charge on any atom is -0.481 e. The van der Waals surface area contributed by atoms with Gasteiger partial charge in [-0.05, 0) is 37.5 Å². The third kappa shape index (κ3) is 5.72.